The molecule has 2 aromatic rings. The summed E-state index contributed by atoms with van der Waals surface area (Å²) in [6, 6.07) is 7.68. The van der Waals surface area contributed by atoms with Gasteiger partial charge in [-0.1, -0.05) is 12.1 Å². The molecule has 100 valence electrons. The zero-order chi connectivity index (χ0) is 13.7. The topological polar surface area (TPSA) is 71.1 Å². The maximum absolute atomic E-state index is 12.0. The van der Waals surface area contributed by atoms with Gasteiger partial charge in [-0.05, 0) is 24.6 Å². The molecule has 1 N–H and O–H groups in total. The zero-order valence-electron chi connectivity index (χ0n) is 11.0. The molecule has 1 aromatic carbocycles. The van der Waals surface area contributed by atoms with E-state index >= 15 is 0 Å². The van der Waals surface area contributed by atoms with Crippen LogP contribution < -0.4 is 4.74 Å². The lowest BCUT2D eigenvalue weighted by atomic mass is 10.2. The molecule has 0 spiro atoms. The number of H-pyrrole nitrogens is 1. The Morgan fingerprint density at radius 1 is 1.37 bits per heavy atom. The standard InChI is InChI=1S/C13H16N4O2/c1-3-19-11-6-4-10(5-7-11)9-17(2)13(18)12-8-14-16-15-12/h4-8H,3,9H2,1-2H3,(H,14,15,16). The number of benzene rings is 1. The molecule has 0 aliphatic carbocycles. The summed E-state index contributed by atoms with van der Waals surface area (Å²) < 4.78 is 5.37. The van der Waals surface area contributed by atoms with Crippen molar-refractivity contribution in [3.8, 4) is 5.75 Å². The van der Waals surface area contributed by atoms with E-state index in [9.17, 15) is 4.79 Å². The van der Waals surface area contributed by atoms with Crippen LogP contribution in [0.5, 0.6) is 5.75 Å². The highest BCUT2D eigenvalue weighted by Crippen LogP contribution is 2.13. The molecule has 0 fully saturated rings. The minimum absolute atomic E-state index is 0.164. The van der Waals surface area contributed by atoms with Gasteiger partial charge in [-0.2, -0.15) is 15.4 Å². The summed E-state index contributed by atoms with van der Waals surface area (Å²) in [7, 11) is 1.73. The van der Waals surface area contributed by atoms with Gasteiger partial charge in [-0.3, -0.25) is 4.79 Å². The van der Waals surface area contributed by atoms with Crippen LogP contribution in [-0.4, -0.2) is 39.9 Å². The molecule has 0 radical (unpaired) electrons. The number of ether oxygens (including phenoxy) is 1. The van der Waals surface area contributed by atoms with E-state index in [-0.39, 0.29) is 5.91 Å². The second kappa shape index (κ2) is 5.99. The fourth-order valence-corrected chi connectivity index (χ4v) is 1.70. The van der Waals surface area contributed by atoms with E-state index < -0.39 is 0 Å². The molecule has 1 heterocycles. The van der Waals surface area contributed by atoms with Crippen molar-refractivity contribution >= 4 is 5.91 Å². The Morgan fingerprint density at radius 2 is 2.11 bits per heavy atom. The minimum Gasteiger partial charge on any atom is -0.494 e. The first-order valence-corrected chi connectivity index (χ1v) is 6.03. The second-order valence-corrected chi connectivity index (χ2v) is 4.09. The Balaban J connectivity index is 1.98. The molecule has 19 heavy (non-hydrogen) atoms. The van der Waals surface area contributed by atoms with Crippen LogP contribution in [0.2, 0.25) is 0 Å². The van der Waals surface area contributed by atoms with E-state index in [1.54, 1.807) is 11.9 Å². The molecule has 0 saturated carbocycles. The summed E-state index contributed by atoms with van der Waals surface area (Å²) in [6.45, 7) is 3.10. The van der Waals surface area contributed by atoms with Gasteiger partial charge < -0.3 is 9.64 Å². The van der Waals surface area contributed by atoms with Gasteiger partial charge in [0.05, 0.1) is 12.8 Å². The number of rotatable bonds is 5. The zero-order valence-corrected chi connectivity index (χ0v) is 11.0. The van der Waals surface area contributed by atoms with Crippen molar-refractivity contribution in [2.24, 2.45) is 0 Å². The van der Waals surface area contributed by atoms with Crippen LogP contribution in [0.15, 0.2) is 30.5 Å². The van der Waals surface area contributed by atoms with E-state index in [1.165, 1.54) is 6.20 Å². The van der Waals surface area contributed by atoms with Crippen LogP contribution >= 0.6 is 0 Å². The maximum Gasteiger partial charge on any atom is 0.276 e. The van der Waals surface area contributed by atoms with E-state index in [1.807, 2.05) is 31.2 Å². The number of carbonyl (C=O) groups excluding carboxylic acids is 1. The van der Waals surface area contributed by atoms with Gasteiger partial charge >= 0.3 is 0 Å². The van der Waals surface area contributed by atoms with Crippen LogP contribution in [0.3, 0.4) is 0 Å². The average molecular weight is 260 g/mol. The molecule has 0 aliphatic rings. The van der Waals surface area contributed by atoms with Gasteiger partial charge in [-0.25, -0.2) is 0 Å². The lowest BCUT2D eigenvalue weighted by Crippen LogP contribution is -2.26. The van der Waals surface area contributed by atoms with Crippen molar-refractivity contribution in [3.05, 3.63) is 41.7 Å². The van der Waals surface area contributed by atoms with Crippen molar-refractivity contribution in [1.29, 1.82) is 0 Å². The van der Waals surface area contributed by atoms with Crippen molar-refractivity contribution in [3.63, 3.8) is 0 Å². The second-order valence-electron chi connectivity index (χ2n) is 4.09. The highest BCUT2D eigenvalue weighted by atomic mass is 16.5. The van der Waals surface area contributed by atoms with E-state index in [2.05, 4.69) is 15.4 Å². The summed E-state index contributed by atoms with van der Waals surface area (Å²) in [5, 5.41) is 9.82. The van der Waals surface area contributed by atoms with Gasteiger partial charge in [0.2, 0.25) is 0 Å². The highest BCUT2D eigenvalue weighted by molar-refractivity contribution is 5.91. The number of amides is 1. The molecule has 0 bridgehead atoms. The Labute approximate surface area is 111 Å². The lowest BCUT2D eigenvalue weighted by Gasteiger charge is -2.15. The first-order chi connectivity index (χ1) is 9.20. The highest BCUT2D eigenvalue weighted by Gasteiger charge is 2.14. The lowest BCUT2D eigenvalue weighted by molar-refractivity contribution is 0.0779. The molecule has 2 rings (SSSR count). The Hall–Kier alpha value is -2.37. The Bertz CT molecular complexity index is 522. The van der Waals surface area contributed by atoms with E-state index in [4.69, 9.17) is 4.74 Å². The summed E-state index contributed by atoms with van der Waals surface area (Å²) in [5.74, 6) is 0.666. The summed E-state index contributed by atoms with van der Waals surface area (Å²) in [4.78, 5) is 13.5. The van der Waals surface area contributed by atoms with Crippen LogP contribution in [0.4, 0.5) is 0 Å². The fraction of sp³-hybridized carbons (Fsp3) is 0.308. The molecule has 1 aromatic heterocycles. The molecular formula is C13H16N4O2. The smallest absolute Gasteiger partial charge is 0.276 e. The third-order valence-electron chi connectivity index (χ3n) is 2.63. The van der Waals surface area contributed by atoms with Crippen molar-refractivity contribution < 1.29 is 9.53 Å². The maximum atomic E-state index is 12.0. The third kappa shape index (κ3) is 3.31. The average Bonchev–Trinajstić information content (AvgIpc) is 2.94. The normalized spacial score (nSPS) is 10.2. The molecule has 0 atom stereocenters. The molecule has 1 amide bonds. The number of nitrogens with zero attached hydrogens (tertiary/aromatic N) is 3. The van der Waals surface area contributed by atoms with Gasteiger partial charge in [0, 0.05) is 13.6 Å². The molecule has 0 aliphatic heterocycles. The van der Waals surface area contributed by atoms with Gasteiger partial charge in [0.25, 0.3) is 5.91 Å². The van der Waals surface area contributed by atoms with Crippen molar-refractivity contribution in [2.75, 3.05) is 13.7 Å². The van der Waals surface area contributed by atoms with Crippen LogP contribution in [0.25, 0.3) is 0 Å². The first-order valence-electron chi connectivity index (χ1n) is 6.03. The van der Waals surface area contributed by atoms with Crippen molar-refractivity contribution in [1.82, 2.24) is 20.3 Å². The number of aromatic nitrogens is 3. The number of hydrogen-bond donors (Lipinski definition) is 1. The summed E-state index contributed by atoms with van der Waals surface area (Å²) in [6.07, 6.45) is 1.41. The molecule has 0 unspecified atom stereocenters. The first kappa shape index (κ1) is 13.1. The third-order valence-corrected chi connectivity index (χ3v) is 2.63. The van der Waals surface area contributed by atoms with Crippen LogP contribution in [0, 0.1) is 0 Å². The number of carbonyl (C=O) groups is 1. The van der Waals surface area contributed by atoms with Gasteiger partial charge in [-0.15, -0.1) is 0 Å². The quantitative estimate of drug-likeness (QED) is 0.883. The monoisotopic (exact) mass is 260 g/mol. The number of nitrogens with one attached hydrogen (secondary N) is 1. The molecule has 6 nitrogen and oxygen atoms in total. The number of hydrogen-bond acceptors (Lipinski definition) is 4. The summed E-state index contributed by atoms with van der Waals surface area (Å²) >= 11 is 0. The predicted octanol–water partition coefficient (Wildman–Crippen LogP) is 1.48. The van der Waals surface area contributed by atoms with Crippen molar-refractivity contribution in [2.45, 2.75) is 13.5 Å². The Kier molecular flexibility index (Phi) is 4.12. The van der Waals surface area contributed by atoms with E-state index in [0.29, 0.717) is 18.8 Å². The molecule has 0 saturated heterocycles. The number of aromatic amines is 1. The SMILES string of the molecule is CCOc1ccc(CN(C)C(=O)c2cn[nH]n2)cc1. The van der Waals surface area contributed by atoms with Gasteiger partial charge in [0.1, 0.15) is 5.75 Å². The molecule has 6 heteroatoms. The van der Waals surface area contributed by atoms with Crippen LogP contribution in [-0.2, 0) is 6.54 Å². The minimum atomic E-state index is -0.164. The Morgan fingerprint density at radius 3 is 2.68 bits per heavy atom. The fourth-order valence-electron chi connectivity index (χ4n) is 1.70. The van der Waals surface area contributed by atoms with Crippen LogP contribution in [0.1, 0.15) is 23.0 Å². The molecular weight excluding hydrogens is 244 g/mol. The summed E-state index contributed by atoms with van der Waals surface area (Å²) in [5.41, 5.74) is 1.34. The van der Waals surface area contributed by atoms with E-state index in [0.717, 1.165) is 11.3 Å². The largest absolute Gasteiger partial charge is 0.494 e. The predicted molar refractivity (Wildman–Crippen MR) is 69.8 cm³/mol. The van der Waals surface area contributed by atoms with Gasteiger partial charge in [0.15, 0.2) is 5.69 Å².